The summed E-state index contributed by atoms with van der Waals surface area (Å²) in [6.07, 6.45) is 0.856. The van der Waals surface area contributed by atoms with Crippen LogP contribution in [0.25, 0.3) is 0 Å². The van der Waals surface area contributed by atoms with Gasteiger partial charge in [-0.05, 0) is 235 Å². The largest absolute Gasteiger partial charge is 0.368 e. The van der Waals surface area contributed by atoms with Crippen LogP contribution >= 0.6 is 104 Å². The molecule has 0 aliphatic rings. The van der Waals surface area contributed by atoms with Crippen LogP contribution in [0.1, 0.15) is 58.2 Å². The second-order valence-electron chi connectivity index (χ2n) is 31.9. The fraction of sp³-hybridized carbons (Fsp3) is 0.217. The quantitative estimate of drug-likeness (QED) is 0.0192. The number of aromatic amines is 8. The summed E-state index contributed by atoms with van der Waals surface area (Å²) >= 11 is 52.6. The van der Waals surface area contributed by atoms with Gasteiger partial charge < -0.3 is 95.7 Å². The summed E-state index contributed by atoms with van der Waals surface area (Å²) in [6, 6.07) is 68.3. The molecule has 0 saturated carbocycles. The summed E-state index contributed by atoms with van der Waals surface area (Å²) in [5.41, 5.74) is 24.9. The van der Waals surface area contributed by atoms with Gasteiger partial charge in [-0.25, -0.2) is 40.8 Å². The van der Waals surface area contributed by atoms with Crippen molar-refractivity contribution in [2.45, 2.75) is 79.2 Å². The van der Waals surface area contributed by atoms with Crippen LogP contribution in [0.4, 0.5) is 141 Å². The van der Waals surface area contributed by atoms with Crippen LogP contribution in [0, 0.1) is 0 Å². The Morgan fingerprint density at radius 2 is 0.671 bits per heavy atom. The van der Waals surface area contributed by atoms with Crippen LogP contribution in [0.3, 0.4) is 0 Å². The van der Waals surface area contributed by atoms with E-state index in [1.54, 1.807) is 19.2 Å². The van der Waals surface area contributed by atoms with Gasteiger partial charge in [0, 0.05) is 166 Å². The van der Waals surface area contributed by atoms with Gasteiger partial charge in [0.2, 0.25) is 101 Å². The standard InChI is InChI=1S/C12H16ClN5.3C11H14ClN5.3C10H12ClN5.C9H10ClN5.C8H8ClN5/c1-8(2)15-12-16-11(17-18-12)14-7-9-4-3-5-10(13)6-9;1-16(2)11-15-14-10(17(11)3)13-9-6-4-8(12)5-7-9;1-7(2)13-10-15-11(17-16-10)14-9-5-3-8(12)4-6-9;1-7(2)13-10-15-11(17-16-10)14-9-5-3-4-8(12)6-9;1-16(2)10-13-9(14-15-10)12-8-5-3-7(11)4-6-8;1-12-9-13-10(15-14-9)16(2)8-5-3-7(11)4-6-8;11-8-3-1-2-7(6-8)4-5-13-10-14-9(12)15-16-10;10-7-3-1-2-6(4-7)5-12-9-13-8(11)14-15-9;9-5-2-1-3-6(4-5)11-8-12-7(10)13-14-8/h3-6,8H,7H2,1-2H3,(H3,14,15,16,17,18);4-7H,1-3H3,(H,13,14);2*3-7H,1-2H3,(H3,13,14,15,16,17);2*3-6H,1-2H3,(H2,12,13,14,15);1-3,6H,4-5H2,(H4,12,13,14,15,16);1-4H,5H2,(H4,11,12,13,14,15);1-4H,(H4,10,11,12,13,14). The normalized spacial score (nSPS) is 10.4. The van der Waals surface area contributed by atoms with Crippen LogP contribution in [-0.2, 0) is 26.6 Å². The third kappa shape index (κ3) is 40.9. The Balaban J connectivity index is 0.000000168. The van der Waals surface area contributed by atoms with Gasteiger partial charge >= 0.3 is 0 Å². The van der Waals surface area contributed by atoms with Crippen molar-refractivity contribution in [1.82, 2.24) is 136 Å². The van der Waals surface area contributed by atoms with Gasteiger partial charge in [0.05, 0.1) is 0 Å². The Labute approximate surface area is 886 Å². The molecule has 0 aliphatic carbocycles. The molecule has 0 bridgehead atoms. The number of anilines is 24. The molecule has 0 radical (unpaired) electrons. The predicted octanol–water partition coefficient (Wildman–Crippen LogP) is 20.9. The van der Waals surface area contributed by atoms with Crippen LogP contribution in [-0.4, -0.2) is 203 Å². The van der Waals surface area contributed by atoms with Crippen LogP contribution in [0.2, 0.25) is 45.2 Å². The van der Waals surface area contributed by atoms with E-state index in [9.17, 15) is 0 Å². The lowest BCUT2D eigenvalue weighted by Gasteiger charge is -2.14. The van der Waals surface area contributed by atoms with E-state index >= 15 is 0 Å². The minimum atomic E-state index is 0.273. The van der Waals surface area contributed by atoms with Crippen molar-refractivity contribution in [3.8, 4) is 0 Å². The minimum absolute atomic E-state index is 0.273. The highest BCUT2D eigenvalue weighted by molar-refractivity contribution is 6.33. The summed E-state index contributed by atoms with van der Waals surface area (Å²) in [7, 11) is 13.2. The summed E-state index contributed by atoms with van der Waals surface area (Å²) in [5, 5.41) is 105. The van der Waals surface area contributed by atoms with Gasteiger partial charge in [0.15, 0.2) is 0 Å². The third-order valence-electron chi connectivity index (χ3n) is 18.3. The number of H-pyrrole nitrogens is 8. The number of nitrogen functional groups attached to an aromatic ring is 3. The number of nitrogens with one attached hydrogen (secondary N) is 20. The number of nitrogens with zero attached hydrogens (tertiary/aromatic N) is 22. The monoisotopic (exact) mass is 2160 g/mol. The van der Waals surface area contributed by atoms with Crippen molar-refractivity contribution in [1.29, 1.82) is 0 Å². The van der Waals surface area contributed by atoms with Crippen LogP contribution in [0.5, 0.6) is 0 Å². The van der Waals surface area contributed by atoms with Crippen molar-refractivity contribution in [3.63, 3.8) is 0 Å². The molecule has 9 aromatic carbocycles. The molecule has 768 valence electrons. The second-order valence-corrected chi connectivity index (χ2v) is 35.8. The smallest absolute Gasteiger partial charge is 0.250 e. The summed E-state index contributed by atoms with van der Waals surface area (Å²) in [5.74, 6) is 9.81. The van der Waals surface area contributed by atoms with E-state index in [1.807, 2.05) is 309 Å². The van der Waals surface area contributed by atoms with E-state index in [-0.39, 0.29) is 5.95 Å². The first kappa shape index (κ1) is 112. The van der Waals surface area contributed by atoms with Crippen molar-refractivity contribution < 1.29 is 0 Å². The molecule has 18 aromatic rings. The molecule has 0 saturated heterocycles. The Kier molecular flexibility index (Phi) is 44.7. The topological polar surface area (TPSA) is 595 Å². The fourth-order valence-electron chi connectivity index (χ4n) is 11.7. The Bertz CT molecular complexity index is 6840. The number of benzene rings is 9. The molecule has 0 aliphatic heterocycles. The fourth-order valence-corrected chi connectivity index (χ4v) is 13.2. The first-order valence-electron chi connectivity index (χ1n) is 44.5. The van der Waals surface area contributed by atoms with Gasteiger partial charge in [0.1, 0.15) is 0 Å². The van der Waals surface area contributed by atoms with Crippen LogP contribution < -0.4 is 95.7 Å². The molecule has 45 nitrogen and oxygen atoms in total. The molecule has 0 atom stereocenters. The molecule has 54 heteroatoms. The summed E-state index contributed by atoms with van der Waals surface area (Å²) in [4.78, 5) is 38.6. The van der Waals surface area contributed by atoms with E-state index in [1.165, 1.54) is 5.56 Å². The molecule has 0 unspecified atom stereocenters. The molecule has 9 aromatic heterocycles. The average Bonchev–Trinajstić information content (AvgIpc) is 1.65. The Morgan fingerprint density at radius 3 is 1.09 bits per heavy atom. The van der Waals surface area contributed by atoms with Gasteiger partial charge in [0.25, 0.3) is 5.95 Å². The lowest BCUT2D eigenvalue weighted by atomic mass is 10.1. The SMILES string of the molecule is CC(C)Nc1n[nH]c(Nc2ccc(Cl)cc2)n1.CC(C)Nc1n[nH]c(Nc2cccc(Cl)c2)n1.CC(C)Nc1nc(NCc2cccc(Cl)c2)n[nH]1.CN(C)c1n[nH]c(Nc2ccc(Cl)cc2)n1.CN(C)c1nnc(Nc2ccc(Cl)cc2)n1C.CNc1nc(N(C)c2ccc(Cl)cc2)n[nH]1.Nc1nc(NCCc2cccc(Cl)c2)n[nH]1.Nc1nc(NCc2cccc(Cl)c2)n[nH]1.Nc1nc(Nc2cccc(Cl)c2)n[nH]1. The lowest BCUT2D eigenvalue weighted by Crippen LogP contribution is -2.14. The second kappa shape index (κ2) is 58.1. The van der Waals surface area contributed by atoms with E-state index in [0.29, 0.717) is 162 Å². The average molecular weight is 2170 g/mol. The molecule has 0 spiro atoms. The van der Waals surface area contributed by atoms with Gasteiger partial charge in [-0.2, -0.15) is 39.9 Å². The van der Waals surface area contributed by atoms with E-state index < -0.39 is 0 Å². The van der Waals surface area contributed by atoms with Gasteiger partial charge in [-0.3, -0.25) is 4.57 Å². The Morgan fingerprint density at radius 1 is 0.315 bits per heavy atom. The zero-order valence-corrected chi connectivity index (χ0v) is 88.1. The highest BCUT2D eigenvalue weighted by atomic mass is 35.5. The molecule has 0 amide bonds. The van der Waals surface area contributed by atoms with E-state index in [2.05, 4.69) is 195 Å². The number of hydrogen-bond donors (Lipinski definition) is 23. The van der Waals surface area contributed by atoms with Gasteiger partial charge in [-0.1, -0.05) is 153 Å². The number of hydrogen-bond acceptors (Lipinski definition) is 36. The molecular weight excluding hydrogens is 2050 g/mol. The van der Waals surface area contributed by atoms with Crippen molar-refractivity contribution >= 4 is 246 Å². The van der Waals surface area contributed by atoms with Crippen molar-refractivity contribution in [2.75, 3.05) is 145 Å². The minimum Gasteiger partial charge on any atom is -0.368 e. The lowest BCUT2D eigenvalue weighted by molar-refractivity contribution is 0.873. The highest BCUT2D eigenvalue weighted by Crippen LogP contribution is 2.28. The van der Waals surface area contributed by atoms with Crippen molar-refractivity contribution in [2.24, 2.45) is 7.05 Å². The number of nitrogens with two attached hydrogens (primary N) is 3. The summed E-state index contributed by atoms with van der Waals surface area (Å²) in [6.45, 7) is 14.2. The van der Waals surface area contributed by atoms with Crippen molar-refractivity contribution in [3.05, 3.63) is 280 Å². The zero-order chi connectivity index (χ0) is 105. The van der Waals surface area contributed by atoms with Crippen LogP contribution in [0.15, 0.2) is 218 Å². The number of aromatic nitrogens is 27. The first-order valence-corrected chi connectivity index (χ1v) is 47.9. The maximum atomic E-state index is 5.91. The predicted molar refractivity (Wildman–Crippen MR) is 594 cm³/mol. The molecular formula is C92H112Cl9N45. The Hall–Kier alpha value is -15.8. The molecule has 9 heterocycles. The highest BCUT2D eigenvalue weighted by Gasteiger charge is 2.15. The zero-order valence-electron chi connectivity index (χ0n) is 81.3. The maximum Gasteiger partial charge on any atom is 0.250 e. The number of rotatable bonds is 31. The summed E-state index contributed by atoms with van der Waals surface area (Å²) < 4.78 is 1.88. The first-order chi connectivity index (χ1) is 70.0. The third-order valence-corrected chi connectivity index (χ3v) is 20.5. The molecule has 26 N–H and O–H groups in total. The maximum absolute atomic E-state index is 5.91. The molecule has 18 rings (SSSR count). The van der Waals surface area contributed by atoms with E-state index in [0.717, 1.165) is 74.2 Å². The van der Waals surface area contributed by atoms with Gasteiger partial charge in [-0.15, -0.1) is 51.0 Å². The van der Waals surface area contributed by atoms with E-state index in [4.69, 9.17) is 122 Å². The number of halogens is 9. The molecule has 146 heavy (non-hydrogen) atoms. The molecule has 0 fully saturated rings.